The Morgan fingerprint density at radius 3 is 2.64 bits per heavy atom. The fraction of sp³-hybridized carbons (Fsp3) is 0.591. The maximum atomic E-state index is 12.2. The molecule has 0 atom stereocenters. The quantitative estimate of drug-likeness (QED) is 0.696. The van der Waals surface area contributed by atoms with Gasteiger partial charge in [0.05, 0.1) is 12.3 Å². The van der Waals surface area contributed by atoms with E-state index in [1.165, 1.54) is 0 Å². The summed E-state index contributed by atoms with van der Waals surface area (Å²) >= 11 is 0. The molecular formula is C22H31N3O3. The normalized spacial score (nSPS) is 15.6. The van der Waals surface area contributed by atoms with Gasteiger partial charge in [0.1, 0.15) is 17.2 Å². The van der Waals surface area contributed by atoms with Gasteiger partial charge in [-0.25, -0.2) is 14.8 Å². The summed E-state index contributed by atoms with van der Waals surface area (Å²) in [6, 6.07) is 5.41. The molecule has 0 radical (unpaired) electrons. The highest BCUT2D eigenvalue weighted by molar-refractivity contribution is 5.87. The lowest BCUT2D eigenvalue weighted by Crippen LogP contribution is -2.24. The molecule has 1 saturated heterocycles. The molecule has 2 aromatic rings. The van der Waals surface area contributed by atoms with Gasteiger partial charge in [0, 0.05) is 31.4 Å². The molecule has 0 aromatic carbocycles. The van der Waals surface area contributed by atoms with Crippen LogP contribution in [0.25, 0.3) is 11.4 Å². The number of hydrogen-bond donors (Lipinski definition) is 0. The molecule has 1 fully saturated rings. The largest absolute Gasteiger partial charge is 0.461 e. The molecule has 0 unspecified atom stereocenters. The van der Waals surface area contributed by atoms with Gasteiger partial charge in [-0.05, 0) is 37.3 Å². The molecule has 0 amide bonds. The molecule has 3 heterocycles. The summed E-state index contributed by atoms with van der Waals surface area (Å²) < 4.78 is 13.0. The van der Waals surface area contributed by atoms with Crippen LogP contribution in [-0.2, 0) is 21.4 Å². The predicted molar refractivity (Wildman–Crippen MR) is 108 cm³/mol. The van der Waals surface area contributed by atoms with Crippen LogP contribution in [0.4, 0.5) is 0 Å². The number of aromatic nitrogens is 3. The number of rotatable bonds is 6. The summed E-state index contributed by atoms with van der Waals surface area (Å²) in [7, 11) is 0. The molecule has 0 saturated carbocycles. The molecule has 0 N–H and O–H groups in total. The fourth-order valence-electron chi connectivity index (χ4n) is 3.44. The molecule has 3 rings (SSSR count). The van der Waals surface area contributed by atoms with E-state index in [1.54, 1.807) is 6.07 Å². The first kappa shape index (κ1) is 20.5. The van der Waals surface area contributed by atoms with Gasteiger partial charge in [0.25, 0.3) is 0 Å². The maximum Gasteiger partial charge on any atom is 0.356 e. The molecule has 6 nitrogen and oxygen atoms in total. The van der Waals surface area contributed by atoms with Crippen molar-refractivity contribution in [3.63, 3.8) is 0 Å². The average molecular weight is 386 g/mol. The SMILES string of the molecule is CCCOC(=O)c1cccc(-c2cn(CC3CCOCC3)c(C(C)(C)C)n2)n1. The second kappa shape index (κ2) is 8.86. The van der Waals surface area contributed by atoms with E-state index in [4.69, 9.17) is 14.5 Å². The second-order valence-corrected chi connectivity index (χ2v) is 8.45. The Bertz CT molecular complexity index is 802. The molecular weight excluding hydrogens is 354 g/mol. The highest BCUT2D eigenvalue weighted by atomic mass is 16.5. The monoisotopic (exact) mass is 385 g/mol. The van der Waals surface area contributed by atoms with Crippen molar-refractivity contribution >= 4 is 5.97 Å². The number of imidazole rings is 1. The number of ether oxygens (including phenoxy) is 2. The molecule has 28 heavy (non-hydrogen) atoms. The van der Waals surface area contributed by atoms with Crippen molar-refractivity contribution in [2.45, 2.75) is 58.9 Å². The van der Waals surface area contributed by atoms with Gasteiger partial charge in [-0.1, -0.05) is 33.8 Å². The number of carbonyl (C=O) groups excluding carboxylic acids is 1. The number of esters is 1. The van der Waals surface area contributed by atoms with E-state index >= 15 is 0 Å². The van der Waals surface area contributed by atoms with Crippen LogP contribution in [0.15, 0.2) is 24.4 Å². The summed E-state index contributed by atoms with van der Waals surface area (Å²) in [6.07, 6.45) is 5.01. The Morgan fingerprint density at radius 2 is 1.96 bits per heavy atom. The van der Waals surface area contributed by atoms with Gasteiger partial charge < -0.3 is 14.0 Å². The van der Waals surface area contributed by atoms with E-state index in [0.717, 1.165) is 50.5 Å². The topological polar surface area (TPSA) is 66.2 Å². The van der Waals surface area contributed by atoms with Crippen molar-refractivity contribution < 1.29 is 14.3 Å². The van der Waals surface area contributed by atoms with E-state index in [0.29, 0.717) is 23.9 Å². The second-order valence-electron chi connectivity index (χ2n) is 8.45. The molecule has 0 aliphatic carbocycles. The zero-order valence-electron chi connectivity index (χ0n) is 17.4. The Morgan fingerprint density at radius 1 is 1.21 bits per heavy atom. The Labute approximate surface area is 167 Å². The standard InChI is InChI=1S/C22H31N3O3/c1-5-11-28-20(26)18-8-6-7-17(23-18)19-15-25(21(24-19)22(2,3)4)14-16-9-12-27-13-10-16/h6-8,15-16H,5,9-14H2,1-4H3. The number of carbonyl (C=O) groups is 1. The Balaban J connectivity index is 1.88. The molecule has 6 heteroatoms. The third-order valence-electron chi connectivity index (χ3n) is 4.90. The van der Waals surface area contributed by atoms with Gasteiger partial charge in [-0.2, -0.15) is 0 Å². The third-order valence-corrected chi connectivity index (χ3v) is 4.90. The van der Waals surface area contributed by atoms with Gasteiger partial charge in [-0.3, -0.25) is 0 Å². The van der Waals surface area contributed by atoms with Crippen LogP contribution in [0.5, 0.6) is 0 Å². The zero-order valence-corrected chi connectivity index (χ0v) is 17.4. The summed E-state index contributed by atoms with van der Waals surface area (Å²) in [4.78, 5) is 21.6. The zero-order chi connectivity index (χ0) is 20.1. The van der Waals surface area contributed by atoms with Crippen LogP contribution in [-0.4, -0.2) is 40.3 Å². The van der Waals surface area contributed by atoms with E-state index in [-0.39, 0.29) is 11.4 Å². The van der Waals surface area contributed by atoms with E-state index in [1.807, 2.05) is 19.1 Å². The first-order valence-corrected chi connectivity index (χ1v) is 10.2. The molecule has 2 aromatic heterocycles. The van der Waals surface area contributed by atoms with Gasteiger partial charge in [0.2, 0.25) is 0 Å². The van der Waals surface area contributed by atoms with E-state index in [2.05, 4.69) is 36.5 Å². The molecule has 0 bridgehead atoms. The van der Waals surface area contributed by atoms with Crippen molar-refractivity contribution in [3.05, 3.63) is 35.9 Å². The number of hydrogen-bond acceptors (Lipinski definition) is 5. The summed E-state index contributed by atoms with van der Waals surface area (Å²) in [6.45, 7) is 11.5. The van der Waals surface area contributed by atoms with Crippen molar-refractivity contribution in [2.24, 2.45) is 5.92 Å². The predicted octanol–water partition coefficient (Wildman–Crippen LogP) is 4.24. The molecule has 152 valence electrons. The van der Waals surface area contributed by atoms with Crippen molar-refractivity contribution in [2.75, 3.05) is 19.8 Å². The van der Waals surface area contributed by atoms with Crippen molar-refractivity contribution in [1.82, 2.24) is 14.5 Å². The van der Waals surface area contributed by atoms with Crippen LogP contribution in [0.3, 0.4) is 0 Å². The van der Waals surface area contributed by atoms with Gasteiger partial charge >= 0.3 is 5.97 Å². The first-order valence-electron chi connectivity index (χ1n) is 10.2. The summed E-state index contributed by atoms with van der Waals surface area (Å²) in [5, 5.41) is 0. The first-order chi connectivity index (χ1) is 13.4. The van der Waals surface area contributed by atoms with Crippen molar-refractivity contribution in [3.8, 4) is 11.4 Å². The van der Waals surface area contributed by atoms with Gasteiger partial charge in [0.15, 0.2) is 0 Å². The van der Waals surface area contributed by atoms with Crippen LogP contribution in [0, 0.1) is 5.92 Å². The minimum absolute atomic E-state index is 0.0823. The van der Waals surface area contributed by atoms with Crippen LogP contribution < -0.4 is 0 Å². The molecule has 1 aliphatic rings. The van der Waals surface area contributed by atoms with E-state index < -0.39 is 0 Å². The summed E-state index contributed by atoms with van der Waals surface area (Å²) in [5.41, 5.74) is 1.73. The lowest BCUT2D eigenvalue weighted by atomic mass is 9.94. The lowest BCUT2D eigenvalue weighted by molar-refractivity contribution is 0.0498. The average Bonchev–Trinajstić information content (AvgIpc) is 3.11. The number of nitrogens with zero attached hydrogens (tertiary/aromatic N) is 3. The van der Waals surface area contributed by atoms with Crippen LogP contribution in [0.2, 0.25) is 0 Å². The molecule has 0 spiro atoms. The molecule has 1 aliphatic heterocycles. The van der Waals surface area contributed by atoms with Gasteiger partial charge in [-0.15, -0.1) is 0 Å². The lowest BCUT2D eigenvalue weighted by Gasteiger charge is -2.25. The van der Waals surface area contributed by atoms with E-state index in [9.17, 15) is 4.79 Å². The maximum absolute atomic E-state index is 12.2. The highest BCUT2D eigenvalue weighted by Crippen LogP contribution is 2.28. The minimum atomic E-state index is -0.388. The summed E-state index contributed by atoms with van der Waals surface area (Å²) in [5.74, 6) is 1.25. The Kier molecular flexibility index (Phi) is 6.50. The third kappa shape index (κ3) is 4.98. The van der Waals surface area contributed by atoms with Crippen molar-refractivity contribution in [1.29, 1.82) is 0 Å². The van der Waals surface area contributed by atoms with Crippen LogP contribution >= 0.6 is 0 Å². The Hall–Kier alpha value is -2.21. The highest BCUT2D eigenvalue weighted by Gasteiger charge is 2.25. The fourth-order valence-corrected chi connectivity index (χ4v) is 3.44. The van der Waals surface area contributed by atoms with Crippen LogP contribution in [0.1, 0.15) is 63.3 Å². The minimum Gasteiger partial charge on any atom is -0.461 e. The number of pyridine rings is 1. The smallest absolute Gasteiger partial charge is 0.356 e.